The van der Waals surface area contributed by atoms with Crippen molar-refractivity contribution in [1.82, 2.24) is 9.55 Å². The zero-order chi connectivity index (χ0) is 21.1. The summed E-state index contributed by atoms with van der Waals surface area (Å²) in [6.07, 6.45) is 3.71. The number of aromatic nitrogens is 2. The van der Waals surface area contributed by atoms with E-state index in [1.54, 1.807) is 6.20 Å². The van der Waals surface area contributed by atoms with Crippen LogP contribution in [-0.2, 0) is 0 Å². The number of benzene rings is 4. The maximum atomic E-state index is 6.39. The van der Waals surface area contributed by atoms with E-state index >= 15 is 0 Å². The van der Waals surface area contributed by atoms with Crippen LogP contribution in [0.2, 0.25) is 0 Å². The lowest BCUT2D eigenvalue weighted by atomic mass is 10.1. The molecule has 32 heavy (non-hydrogen) atoms. The van der Waals surface area contributed by atoms with Gasteiger partial charge in [0.1, 0.15) is 11.2 Å². The first-order valence-corrected chi connectivity index (χ1v) is 10.7. The average Bonchev–Trinajstić information content (AvgIpc) is 3.40. The van der Waals surface area contributed by atoms with Gasteiger partial charge in [0, 0.05) is 39.8 Å². The van der Waals surface area contributed by atoms with E-state index in [4.69, 9.17) is 4.42 Å². The van der Waals surface area contributed by atoms with Gasteiger partial charge in [0.25, 0.3) is 0 Å². The minimum atomic E-state index is 0.922. The van der Waals surface area contributed by atoms with E-state index < -0.39 is 0 Å². The van der Waals surface area contributed by atoms with Gasteiger partial charge in [-0.3, -0.25) is 4.98 Å². The van der Waals surface area contributed by atoms with E-state index in [1.165, 1.54) is 10.9 Å². The molecule has 0 bridgehead atoms. The first-order chi connectivity index (χ1) is 15.9. The second-order valence-electron chi connectivity index (χ2n) is 8.08. The van der Waals surface area contributed by atoms with Gasteiger partial charge in [0.2, 0.25) is 0 Å². The van der Waals surface area contributed by atoms with Gasteiger partial charge in [0.05, 0.1) is 16.4 Å². The Labute approximate surface area is 184 Å². The molecule has 3 aromatic heterocycles. The second-order valence-corrected chi connectivity index (χ2v) is 8.08. The predicted octanol–water partition coefficient (Wildman–Crippen LogP) is 7.75. The van der Waals surface area contributed by atoms with Gasteiger partial charge in [-0.2, -0.15) is 0 Å². The molecule has 0 spiro atoms. The van der Waals surface area contributed by atoms with Gasteiger partial charge in [-0.25, -0.2) is 0 Å². The molecule has 3 heterocycles. The van der Waals surface area contributed by atoms with E-state index in [9.17, 15) is 0 Å². The molecule has 0 aliphatic rings. The van der Waals surface area contributed by atoms with Crippen LogP contribution in [0.4, 0.5) is 0 Å². The summed E-state index contributed by atoms with van der Waals surface area (Å²) >= 11 is 0. The maximum absolute atomic E-state index is 6.39. The molecule has 0 saturated heterocycles. The molecule has 3 heteroatoms. The Morgan fingerprint density at radius 2 is 1.47 bits per heavy atom. The monoisotopic (exact) mass is 410 g/mol. The molecule has 3 nitrogen and oxygen atoms in total. The lowest BCUT2D eigenvalue weighted by molar-refractivity contribution is 0.673. The molecule has 0 atom stereocenters. The highest BCUT2D eigenvalue weighted by Gasteiger charge is 2.18. The van der Waals surface area contributed by atoms with Crippen LogP contribution < -0.4 is 0 Å². The Kier molecular flexibility index (Phi) is 3.55. The molecule has 0 radical (unpaired) electrons. The molecular weight excluding hydrogens is 392 g/mol. The Morgan fingerprint density at radius 3 is 2.38 bits per heavy atom. The number of nitrogens with zero attached hydrogens (tertiary/aromatic N) is 2. The molecule has 4 aromatic carbocycles. The molecule has 150 valence electrons. The Bertz CT molecular complexity index is 1770. The highest BCUT2D eigenvalue weighted by Crippen LogP contribution is 2.40. The standard InChI is InChI=1S/C29H18N2O/c1-3-12-25-24(11-1)28-26(15-14-23-22-10-2-4-13-27(22)32-29(23)28)31(25)21-9-5-7-19(17-21)20-8-6-16-30-18-20/h1-18H. The zero-order valence-electron chi connectivity index (χ0n) is 17.2. The summed E-state index contributed by atoms with van der Waals surface area (Å²) in [7, 11) is 0. The molecule has 7 aromatic rings. The van der Waals surface area contributed by atoms with Crippen LogP contribution in [-0.4, -0.2) is 9.55 Å². The Morgan fingerprint density at radius 1 is 0.625 bits per heavy atom. The summed E-state index contributed by atoms with van der Waals surface area (Å²) in [5, 5.41) is 4.65. The molecule has 0 fully saturated rings. The Hall–Kier alpha value is -4.37. The number of rotatable bonds is 2. The fourth-order valence-corrected chi connectivity index (χ4v) is 4.87. The first-order valence-electron chi connectivity index (χ1n) is 10.7. The predicted molar refractivity (Wildman–Crippen MR) is 131 cm³/mol. The van der Waals surface area contributed by atoms with Crippen molar-refractivity contribution in [2.75, 3.05) is 0 Å². The molecule has 0 saturated carbocycles. The number of para-hydroxylation sites is 2. The average molecular weight is 410 g/mol. The normalized spacial score (nSPS) is 11.8. The third kappa shape index (κ3) is 2.39. The lowest BCUT2D eigenvalue weighted by Gasteiger charge is -2.10. The van der Waals surface area contributed by atoms with Crippen molar-refractivity contribution in [2.24, 2.45) is 0 Å². The van der Waals surface area contributed by atoms with Crippen molar-refractivity contribution in [3.8, 4) is 16.8 Å². The topological polar surface area (TPSA) is 31.0 Å². The number of pyridine rings is 1. The van der Waals surface area contributed by atoms with Crippen LogP contribution in [0, 0.1) is 0 Å². The number of fused-ring (bicyclic) bond motifs is 7. The number of hydrogen-bond donors (Lipinski definition) is 0. The SMILES string of the molecule is c1cncc(-c2cccc(-n3c4ccccc4c4c5oc6ccccc6c5ccc43)c2)c1. The summed E-state index contributed by atoms with van der Waals surface area (Å²) in [6.45, 7) is 0. The minimum absolute atomic E-state index is 0.922. The van der Waals surface area contributed by atoms with E-state index in [2.05, 4.69) is 88.4 Å². The molecule has 0 N–H and O–H groups in total. The third-order valence-electron chi connectivity index (χ3n) is 6.28. The fourth-order valence-electron chi connectivity index (χ4n) is 4.87. The van der Waals surface area contributed by atoms with Crippen molar-refractivity contribution < 1.29 is 4.42 Å². The van der Waals surface area contributed by atoms with Crippen molar-refractivity contribution in [1.29, 1.82) is 0 Å². The highest BCUT2D eigenvalue weighted by molar-refractivity contribution is 6.23. The lowest BCUT2D eigenvalue weighted by Crippen LogP contribution is -1.94. The molecule has 0 amide bonds. The Balaban J connectivity index is 1.59. The highest BCUT2D eigenvalue weighted by atomic mass is 16.3. The summed E-state index contributed by atoms with van der Waals surface area (Å²) in [6, 6.07) is 33.9. The quantitative estimate of drug-likeness (QED) is 0.292. The molecular formula is C29H18N2O. The van der Waals surface area contributed by atoms with Gasteiger partial charge >= 0.3 is 0 Å². The summed E-state index contributed by atoms with van der Waals surface area (Å²) < 4.78 is 8.72. The number of hydrogen-bond acceptors (Lipinski definition) is 2. The molecule has 0 aliphatic heterocycles. The smallest absolute Gasteiger partial charge is 0.145 e. The van der Waals surface area contributed by atoms with Gasteiger partial charge < -0.3 is 8.98 Å². The van der Waals surface area contributed by atoms with Gasteiger partial charge in [-0.15, -0.1) is 0 Å². The van der Waals surface area contributed by atoms with Crippen molar-refractivity contribution in [3.05, 3.63) is 109 Å². The largest absolute Gasteiger partial charge is 0.455 e. The van der Waals surface area contributed by atoms with Crippen molar-refractivity contribution >= 4 is 43.7 Å². The van der Waals surface area contributed by atoms with Gasteiger partial charge in [-0.1, -0.05) is 54.6 Å². The molecule has 0 aliphatic carbocycles. The first kappa shape index (κ1) is 17.3. The van der Waals surface area contributed by atoms with Crippen LogP contribution in [0.25, 0.3) is 60.6 Å². The van der Waals surface area contributed by atoms with Crippen molar-refractivity contribution in [2.45, 2.75) is 0 Å². The third-order valence-corrected chi connectivity index (χ3v) is 6.28. The van der Waals surface area contributed by atoms with Crippen LogP contribution in [0.1, 0.15) is 0 Å². The molecule has 0 unspecified atom stereocenters. The van der Waals surface area contributed by atoms with E-state index in [-0.39, 0.29) is 0 Å². The van der Waals surface area contributed by atoms with E-state index in [1.807, 2.05) is 24.4 Å². The van der Waals surface area contributed by atoms with Crippen LogP contribution in [0.3, 0.4) is 0 Å². The summed E-state index contributed by atoms with van der Waals surface area (Å²) in [5.74, 6) is 0. The second kappa shape index (κ2) is 6.56. The van der Waals surface area contributed by atoms with Gasteiger partial charge in [0.15, 0.2) is 0 Å². The minimum Gasteiger partial charge on any atom is -0.455 e. The zero-order valence-corrected chi connectivity index (χ0v) is 17.2. The van der Waals surface area contributed by atoms with E-state index in [0.717, 1.165) is 49.7 Å². The summed E-state index contributed by atoms with van der Waals surface area (Å²) in [4.78, 5) is 4.29. The maximum Gasteiger partial charge on any atom is 0.145 e. The number of furan rings is 1. The molecule has 7 rings (SSSR count). The van der Waals surface area contributed by atoms with Gasteiger partial charge in [-0.05, 0) is 48.0 Å². The van der Waals surface area contributed by atoms with Crippen LogP contribution in [0.15, 0.2) is 114 Å². The van der Waals surface area contributed by atoms with Crippen LogP contribution in [0.5, 0.6) is 0 Å². The fraction of sp³-hybridized carbons (Fsp3) is 0. The van der Waals surface area contributed by atoms with Crippen LogP contribution >= 0.6 is 0 Å². The van der Waals surface area contributed by atoms with Crippen molar-refractivity contribution in [3.63, 3.8) is 0 Å². The summed E-state index contributed by atoms with van der Waals surface area (Å²) in [5.41, 5.74) is 7.54. The van der Waals surface area contributed by atoms with E-state index in [0.29, 0.717) is 0 Å².